The number of fused-ring (bicyclic) bond motifs is 2. The number of hydrogen-bond acceptors (Lipinski definition) is 0. The Balaban J connectivity index is 1.33. The molecular formula is C25H38. The smallest absolute Gasteiger partial charge is 0.0245 e. The SMILES string of the molecule is CCCCC1CCC2CC(C3CCc4cc(C)ccc4C3)CCC2C1. The first-order valence-electron chi connectivity index (χ1n) is 11.3. The number of benzene rings is 1. The zero-order valence-electron chi connectivity index (χ0n) is 16.6. The number of unbranched alkanes of at least 4 members (excludes halogenated alkanes) is 1. The van der Waals surface area contributed by atoms with Gasteiger partial charge in [0.15, 0.2) is 0 Å². The summed E-state index contributed by atoms with van der Waals surface area (Å²) in [4.78, 5) is 0. The Hall–Kier alpha value is -0.780. The van der Waals surface area contributed by atoms with Crippen molar-refractivity contribution in [2.45, 2.75) is 90.9 Å². The van der Waals surface area contributed by atoms with Gasteiger partial charge in [-0.3, -0.25) is 0 Å². The molecule has 0 radical (unpaired) electrons. The van der Waals surface area contributed by atoms with Crippen molar-refractivity contribution < 1.29 is 0 Å². The van der Waals surface area contributed by atoms with Gasteiger partial charge in [-0.05, 0) is 99.0 Å². The monoisotopic (exact) mass is 338 g/mol. The summed E-state index contributed by atoms with van der Waals surface area (Å²) in [5.41, 5.74) is 4.77. The molecule has 2 fully saturated rings. The summed E-state index contributed by atoms with van der Waals surface area (Å²) < 4.78 is 0. The van der Waals surface area contributed by atoms with Gasteiger partial charge < -0.3 is 0 Å². The molecule has 0 heteroatoms. The molecule has 0 spiro atoms. The van der Waals surface area contributed by atoms with Gasteiger partial charge in [-0.1, -0.05) is 56.4 Å². The Morgan fingerprint density at radius 1 is 0.840 bits per heavy atom. The minimum absolute atomic E-state index is 0.981. The van der Waals surface area contributed by atoms with Crippen molar-refractivity contribution in [2.24, 2.45) is 29.6 Å². The maximum absolute atomic E-state index is 2.44. The predicted molar refractivity (Wildman–Crippen MR) is 108 cm³/mol. The third kappa shape index (κ3) is 3.99. The van der Waals surface area contributed by atoms with E-state index in [0.717, 1.165) is 29.6 Å². The molecule has 0 amide bonds. The lowest BCUT2D eigenvalue weighted by atomic mass is 9.61. The van der Waals surface area contributed by atoms with Crippen LogP contribution in [-0.2, 0) is 12.8 Å². The van der Waals surface area contributed by atoms with Crippen LogP contribution >= 0.6 is 0 Å². The largest absolute Gasteiger partial charge is 0.0654 e. The van der Waals surface area contributed by atoms with Gasteiger partial charge in [0.1, 0.15) is 0 Å². The van der Waals surface area contributed by atoms with Gasteiger partial charge in [0, 0.05) is 0 Å². The van der Waals surface area contributed by atoms with E-state index in [1.165, 1.54) is 50.5 Å². The Labute approximate surface area is 155 Å². The number of aryl methyl sites for hydroxylation is 2. The van der Waals surface area contributed by atoms with Crippen LogP contribution < -0.4 is 0 Å². The van der Waals surface area contributed by atoms with Gasteiger partial charge in [0.25, 0.3) is 0 Å². The molecule has 0 aliphatic heterocycles. The van der Waals surface area contributed by atoms with E-state index in [2.05, 4.69) is 32.0 Å². The topological polar surface area (TPSA) is 0 Å². The zero-order valence-corrected chi connectivity index (χ0v) is 16.6. The predicted octanol–water partition coefficient (Wildman–Crippen LogP) is 7.12. The molecule has 25 heavy (non-hydrogen) atoms. The fraction of sp³-hybridized carbons (Fsp3) is 0.760. The molecule has 5 atom stereocenters. The highest BCUT2D eigenvalue weighted by Crippen LogP contribution is 2.49. The summed E-state index contributed by atoms with van der Waals surface area (Å²) in [6.45, 7) is 4.59. The molecule has 138 valence electrons. The van der Waals surface area contributed by atoms with Gasteiger partial charge in [0.05, 0.1) is 0 Å². The second-order valence-electron chi connectivity index (χ2n) is 9.69. The molecule has 0 heterocycles. The second-order valence-corrected chi connectivity index (χ2v) is 9.69. The fourth-order valence-corrected chi connectivity index (χ4v) is 6.52. The third-order valence-electron chi connectivity index (χ3n) is 8.02. The van der Waals surface area contributed by atoms with Crippen molar-refractivity contribution in [2.75, 3.05) is 0 Å². The van der Waals surface area contributed by atoms with E-state index < -0.39 is 0 Å². The van der Waals surface area contributed by atoms with Crippen LogP contribution in [0.3, 0.4) is 0 Å². The molecular weight excluding hydrogens is 300 g/mol. The first-order chi connectivity index (χ1) is 12.2. The van der Waals surface area contributed by atoms with Crippen molar-refractivity contribution in [1.29, 1.82) is 0 Å². The van der Waals surface area contributed by atoms with Gasteiger partial charge in [-0.15, -0.1) is 0 Å². The lowest BCUT2D eigenvalue weighted by Gasteiger charge is -2.45. The maximum Gasteiger partial charge on any atom is -0.0245 e. The Morgan fingerprint density at radius 2 is 1.60 bits per heavy atom. The van der Waals surface area contributed by atoms with E-state index in [0.29, 0.717) is 0 Å². The van der Waals surface area contributed by atoms with Crippen molar-refractivity contribution in [3.63, 3.8) is 0 Å². The van der Waals surface area contributed by atoms with E-state index in [4.69, 9.17) is 0 Å². The van der Waals surface area contributed by atoms with E-state index in [-0.39, 0.29) is 0 Å². The summed E-state index contributed by atoms with van der Waals surface area (Å²) in [7, 11) is 0. The van der Waals surface area contributed by atoms with Crippen LogP contribution in [-0.4, -0.2) is 0 Å². The molecule has 5 unspecified atom stereocenters. The molecule has 3 aliphatic rings. The average molecular weight is 339 g/mol. The van der Waals surface area contributed by atoms with Crippen molar-refractivity contribution in [3.05, 3.63) is 34.9 Å². The van der Waals surface area contributed by atoms with Crippen LogP contribution in [0.25, 0.3) is 0 Å². The van der Waals surface area contributed by atoms with Gasteiger partial charge in [-0.25, -0.2) is 0 Å². The standard InChI is InChI=1S/C25H38/c1-3-4-5-19-7-9-23-17-25(13-11-21(23)15-19)24-12-10-20-14-18(2)6-8-22(20)16-24/h6,8,14,19,21,23-25H,3-5,7,9-13,15-17H2,1-2H3. The highest BCUT2D eigenvalue weighted by Gasteiger charge is 2.38. The molecule has 0 aromatic heterocycles. The van der Waals surface area contributed by atoms with Crippen LogP contribution in [0.15, 0.2) is 18.2 Å². The Morgan fingerprint density at radius 3 is 2.44 bits per heavy atom. The van der Waals surface area contributed by atoms with Crippen LogP contribution in [0, 0.1) is 36.5 Å². The van der Waals surface area contributed by atoms with Gasteiger partial charge in [-0.2, -0.15) is 0 Å². The highest BCUT2D eigenvalue weighted by molar-refractivity contribution is 5.33. The zero-order chi connectivity index (χ0) is 17.2. The van der Waals surface area contributed by atoms with Crippen molar-refractivity contribution >= 4 is 0 Å². The van der Waals surface area contributed by atoms with E-state index in [1.54, 1.807) is 43.2 Å². The maximum atomic E-state index is 2.44. The van der Waals surface area contributed by atoms with Crippen molar-refractivity contribution in [1.82, 2.24) is 0 Å². The molecule has 1 aromatic carbocycles. The minimum atomic E-state index is 0.981. The highest BCUT2D eigenvalue weighted by atomic mass is 14.4. The summed E-state index contributed by atoms with van der Waals surface area (Å²) in [6, 6.07) is 7.21. The molecule has 0 nitrogen and oxygen atoms in total. The van der Waals surface area contributed by atoms with Crippen LogP contribution in [0.5, 0.6) is 0 Å². The summed E-state index contributed by atoms with van der Waals surface area (Å²) in [5, 5.41) is 0. The Bertz CT molecular complexity index is 571. The molecule has 3 aliphatic carbocycles. The molecule has 1 aromatic rings. The van der Waals surface area contributed by atoms with Crippen molar-refractivity contribution in [3.8, 4) is 0 Å². The first-order valence-corrected chi connectivity index (χ1v) is 11.3. The van der Waals surface area contributed by atoms with Gasteiger partial charge in [0.2, 0.25) is 0 Å². The number of rotatable bonds is 4. The molecule has 4 rings (SSSR count). The van der Waals surface area contributed by atoms with E-state index in [9.17, 15) is 0 Å². The summed E-state index contributed by atoms with van der Waals surface area (Å²) in [6.07, 6.45) is 17.9. The normalized spacial score (nSPS) is 35.0. The second kappa shape index (κ2) is 7.85. The summed E-state index contributed by atoms with van der Waals surface area (Å²) in [5.74, 6) is 5.25. The lowest BCUT2D eigenvalue weighted by Crippen LogP contribution is -2.35. The van der Waals surface area contributed by atoms with Crippen LogP contribution in [0.1, 0.15) is 87.8 Å². The quantitative estimate of drug-likeness (QED) is 0.548. The molecule has 0 bridgehead atoms. The Kier molecular flexibility index (Phi) is 5.53. The fourth-order valence-electron chi connectivity index (χ4n) is 6.52. The van der Waals surface area contributed by atoms with Crippen LogP contribution in [0.2, 0.25) is 0 Å². The third-order valence-corrected chi connectivity index (χ3v) is 8.02. The molecule has 2 saturated carbocycles. The van der Waals surface area contributed by atoms with Gasteiger partial charge >= 0.3 is 0 Å². The van der Waals surface area contributed by atoms with Crippen LogP contribution in [0.4, 0.5) is 0 Å². The number of hydrogen-bond donors (Lipinski definition) is 0. The minimum Gasteiger partial charge on any atom is -0.0654 e. The first kappa shape index (κ1) is 17.6. The molecule has 0 N–H and O–H groups in total. The van der Waals surface area contributed by atoms with E-state index in [1.807, 2.05) is 0 Å². The summed E-state index contributed by atoms with van der Waals surface area (Å²) >= 11 is 0. The van der Waals surface area contributed by atoms with E-state index >= 15 is 0 Å². The lowest BCUT2D eigenvalue weighted by molar-refractivity contribution is 0.0691. The average Bonchev–Trinajstić information content (AvgIpc) is 2.65. The molecule has 0 saturated heterocycles.